The number of nitrogens with one attached hydrogen (secondary N) is 1. The molecule has 0 aromatic heterocycles. The SMILES string of the molecule is CC(=O)c1cccc(NC(=O)C2CCSC2)c1. The highest BCUT2D eigenvalue weighted by atomic mass is 32.2. The molecule has 3 nitrogen and oxygen atoms in total. The summed E-state index contributed by atoms with van der Waals surface area (Å²) in [5.74, 6) is 2.15. The van der Waals surface area contributed by atoms with Crippen LogP contribution in [0.1, 0.15) is 23.7 Å². The van der Waals surface area contributed by atoms with Crippen LogP contribution < -0.4 is 5.32 Å². The van der Waals surface area contributed by atoms with E-state index in [9.17, 15) is 9.59 Å². The quantitative estimate of drug-likeness (QED) is 0.837. The van der Waals surface area contributed by atoms with E-state index in [-0.39, 0.29) is 17.6 Å². The lowest BCUT2D eigenvalue weighted by atomic mass is 10.1. The van der Waals surface area contributed by atoms with E-state index < -0.39 is 0 Å². The van der Waals surface area contributed by atoms with Gasteiger partial charge in [0.1, 0.15) is 0 Å². The highest BCUT2D eigenvalue weighted by molar-refractivity contribution is 7.99. The van der Waals surface area contributed by atoms with Crippen molar-refractivity contribution in [2.24, 2.45) is 5.92 Å². The number of benzene rings is 1. The smallest absolute Gasteiger partial charge is 0.228 e. The molecule has 1 saturated heterocycles. The van der Waals surface area contributed by atoms with E-state index in [1.165, 1.54) is 6.92 Å². The minimum atomic E-state index is 0.0116. The van der Waals surface area contributed by atoms with E-state index in [4.69, 9.17) is 0 Å². The van der Waals surface area contributed by atoms with Crippen molar-refractivity contribution >= 4 is 29.1 Å². The first-order chi connectivity index (χ1) is 8.16. The van der Waals surface area contributed by atoms with E-state index in [1.807, 2.05) is 17.8 Å². The Morgan fingerprint density at radius 1 is 1.41 bits per heavy atom. The minimum Gasteiger partial charge on any atom is -0.326 e. The van der Waals surface area contributed by atoms with Gasteiger partial charge >= 0.3 is 0 Å². The van der Waals surface area contributed by atoms with Crippen molar-refractivity contribution in [3.63, 3.8) is 0 Å². The Balaban J connectivity index is 2.05. The second-order valence-corrected chi connectivity index (χ2v) is 5.34. The first-order valence-electron chi connectivity index (χ1n) is 5.66. The second kappa shape index (κ2) is 5.36. The Kier molecular flexibility index (Phi) is 3.84. The average Bonchev–Trinajstić information content (AvgIpc) is 2.82. The van der Waals surface area contributed by atoms with Gasteiger partial charge in [0.2, 0.25) is 5.91 Å². The number of anilines is 1. The number of ketones is 1. The van der Waals surface area contributed by atoms with Gasteiger partial charge in [-0.15, -0.1) is 0 Å². The van der Waals surface area contributed by atoms with Crippen molar-refractivity contribution in [2.45, 2.75) is 13.3 Å². The normalized spacial score (nSPS) is 19.0. The van der Waals surface area contributed by atoms with Crippen molar-refractivity contribution in [2.75, 3.05) is 16.8 Å². The number of amides is 1. The molecule has 0 bridgehead atoms. The van der Waals surface area contributed by atoms with E-state index in [0.717, 1.165) is 17.9 Å². The molecule has 0 radical (unpaired) electrons. The molecule has 1 aromatic rings. The summed E-state index contributed by atoms with van der Waals surface area (Å²) in [6.45, 7) is 1.52. The van der Waals surface area contributed by atoms with Crippen LogP contribution in [0.4, 0.5) is 5.69 Å². The first kappa shape index (κ1) is 12.2. The van der Waals surface area contributed by atoms with Crippen LogP contribution in [0.25, 0.3) is 0 Å². The van der Waals surface area contributed by atoms with Crippen LogP contribution in [-0.2, 0) is 4.79 Å². The third-order valence-corrected chi connectivity index (χ3v) is 4.00. The zero-order valence-electron chi connectivity index (χ0n) is 9.73. The zero-order valence-corrected chi connectivity index (χ0v) is 10.5. The summed E-state index contributed by atoms with van der Waals surface area (Å²) in [6, 6.07) is 7.08. The van der Waals surface area contributed by atoms with Crippen molar-refractivity contribution < 1.29 is 9.59 Å². The maximum atomic E-state index is 11.9. The zero-order chi connectivity index (χ0) is 12.3. The highest BCUT2D eigenvalue weighted by Crippen LogP contribution is 2.24. The standard InChI is InChI=1S/C13H15NO2S/c1-9(15)10-3-2-4-12(7-10)14-13(16)11-5-6-17-8-11/h2-4,7,11H,5-6,8H2,1H3,(H,14,16). The molecule has 2 rings (SSSR count). The molecule has 17 heavy (non-hydrogen) atoms. The van der Waals surface area contributed by atoms with Gasteiger partial charge in [-0.05, 0) is 31.2 Å². The summed E-state index contributed by atoms with van der Waals surface area (Å²) >= 11 is 1.81. The van der Waals surface area contributed by atoms with Gasteiger partial charge in [-0.3, -0.25) is 9.59 Å². The van der Waals surface area contributed by atoms with Crippen LogP contribution in [0.5, 0.6) is 0 Å². The summed E-state index contributed by atoms with van der Waals surface area (Å²) in [5, 5.41) is 2.87. The molecule has 0 saturated carbocycles. The molecule has 90 valence electrons. The van der Waals surface area contributed by atoms with Crippen LogP contribution in [0.3, 0.4) is 0 Å². The molecule has 1 N–H and O–H groups in total. The Labute approximate surface area is 105 Å². The lowest BCUT2D eigenvalue weighted by molar-refractivity contribution is -0.119. The maximum Gasteiger partial charge on any atom is 0.228 e. The van der Waals surface area contributed by atoms with Gasteiger partial charge in [0, 0.05) is 22.9 Å². The Morgan fingerprint density at radius 2 is 2.24 bits per heavy atom. The predicted octanol–water partition coefficient (Wildman–Crippen LogP) is 2.58. The van der Waals surface area contributed by atoms with Crippen molar-refractivity contribution in [1.29, 1.82) is 0 Å². The van der Waals surface area contributed by atoms with E-state index in [2.05, 4.69) is 5.32 Å². The lowest BCUT2D eigenvalue weighted by Crippen LogP contribution is -2.22. The number of carbonyl (C=O) groups excluding carboxylic acids is 2. The van der Waals surface area contributed by atoms with Crippen LogP contribution in [0, 0.1) is 5.92 Å². The van der Waals surface area contributed by atoms with Crippen LogP contribution in [-0.4, -0.2) is 23.2 Å². The van der Waals surface area contributed by atoms with E-state index >= 15 is 0 Å². The van der Waals surface area contributed by atoms with Gasteiger partial charge in [0.15, 0.2) is 5.78 Å². The molecule has 1 aliphatic rings. The van der Waals surface area contributed by atoms with Crippen molar-refractivity contribution in [3.8, 4) is 0 Å². The van der Waals surface area contributed by atoms with Gasteiger partial charge in [-0.1, -0.05) is 12.1 Å². The second-order valence-electron chi connectivity index (χ2n) is 4.19. The fraction of sp³-hybridized carbons (Fsp3) is 0.385. The molecule has 1 aromatic carbocycles. The Hall–Kier alpha value is -1.29. The summed E-state index contributed by atoms with van der Waals surface area (Å²) in [6.07, 6.45) is 0.947. The number of thioether (sulfide) groups is 1. The molecule has 1 heterocycles. The number of carbonyl (C=O) groups is 2. The average molecular weight is 249 g/mol. The molecule has 1 amide bonds. The van der Waals surface area contributed by atoms with Crippen LogP contribution >= 0.6 is 11.8 Å². The van der Waals surface area contributed by atoms with Crippen molar-refractivity contribution in [3.05, 3.63) is 29.8 Å². The fourth-order valence-electron chi connectivity index (χ4n) is 1.80. The Bertz CT molecular complexity index is 439. The highest BCUT2D eigenvalue weighted by Gasteiger charge is 2.23. The maximum absolute atomic E-state index is 11.9. The third kappa shape index (κ3) is 3.09. The van der Waals surface area contributed by atoms with Crippen LogP contribution in [0.15, 0.2) is 24.3 Å². The summed E-state index contributed by atoms with van der Waals surface area (Å²) in [4.78, 5) is 23.1. The largest absolute Gasteiger partial charge is 0.326 e. The molecule has 1 fully saturated rings. The van der Waals surface area contributed by atoms with Crippen molar-refractivity contribution in [1.82, 2.24) is 0 Å². The van der Waals surface area contributed by atoms with Gasteiger partial charge in [0.25, 0.3) is 0 Å². The number of Topliss-reactive ketones (excluding diaryl/α,β-unsaturated/α-hetero) is 1. The van der Waals surface area contributed by atoms with E-state index in [0.29, 0.717) is 11.3 Å². The van der Waals surface area contributed by atoms with Gasteiger partial charge in [-0.25, -0.2) is 0 Å². The topological polar surface area (TPSA) is 46.2 Å². The summed E-state index contributed by atoms with van der Waals surface area (Å²) in [5.41, 5.74) is 1.34. The monoisotopic (exact) mass is 249 g/mol. The molecule has 1 atom stereocenters. The molecule has 1 unspecified atom stereocenters. The first-order valence-corrected chi connectivity index (χ1v) is 6.82. The van der Waals surface area contributed by atoms with Gasteiger partial charge in [-0.2, -0.15) is 11.8 Å². The third-order valence-electron chi connectivity index (χ3n) is 2.84. The van der Waals surface area contributed by atoms with Gasteiger partial charge < -0.3 is 5.32 Å². The summed E-state index contributed by atoms with van der Waals surface area (Å²) < 4.78 is 0. The van der Waals surface area contributed by atoms with Gasteiger partial charge in [0.05, 0.1) is 0 Å². The molecule has 4 heteroatoms. The molecular formula is C13H15NO2S. The number of hydrogen-bond donors (Lipinski definition) is 1. The minimum absolute atomic E-state index is 0.0116. The molecular weight excluding hydrogens is 234 g/mol. The van der Waals surface area contributed by atoms with Crippen LogP contribution in [0.2, 0.25) is 0 Å². The number of hydrogen-bond acceptors (Lipinski definition) is 3. The molecule has 0 spiro atoms. The lowest BCUT2D eigenvalue weighted by Gasteiger charge is -2.10. The molecule has 0 aliphatic carbocycles. The Morgan fingerprint density at radius 3 is 2.88 bits per heavy atom. The van der Waals surface area contributed by atoms with E-state index in [1.54, 1.807) is 18.2 Å². The summed E-state index contributed by atoms with van der Waals surface area (Å²) in [7, 11) is 0. The predicted molar refractivity (Wildman–Crippen MR) is 70.5 cm³/mol. The molecule has 1 aliphatic heterocycles. The fourth-order valence-corrected chi connectivity index (χ4v) is 3.02. The number of rotatable bonds is 3.